The van der Waals surface area contributed by atoms with Gasteiger partial charge in [0.05, 0.1) is 12.3 Å². The van der Waals surface area contributed by atoms with Gasteiger partial charge in [0, 0.05) is 0 Å². The quantitative estimate of drug-likeness (QED) is 0.604. The minimum atomic E-state index is -0.876. The third-order valence-corrected chi connectivity index (χ3v) is 3.36. The number of hydrazine groups is 1. The fourth-order valence-electron chi connectivity index (χ4n) is 1.94. The number of rotatable bonds is 1. The molecule has 0 aliphatic carbocycles. The average molecular weight is 283 g/mol. The molecule has 3 rings (SSSR count). The van der Waals surface area contributed by atoms with E-state index in [-0.39, 0.29) is 0 Å². The summed E-state index contributed by atoms with van der Waals surface area (Å²) < 4.78 is 5.15. The molecule has 0 radical (unpaired) electrons. The Morgan fingerprint density at radius 2 is 2.17 bits per heavy atom. The summed E-state index contributed by atoms with van der Waals surface area (Å²) in [7, 11) is -0.876. The Hall–Kier alpha value is -1.14. The number of anilines is 1. The highest BCUT2D eigenvalue weighted by Crippen LogP contribution is 2.25. The van der Waals surface area contributed by atoms with Gasteiger partial charge in [-0.25, -0.2) is 5.01 Å². The van der Waals surface area contributed by atoms with Gasteiger partial charge in [-0.3, -0.25) is 5.43 Å². The van der Waals surface area contributed by atoms with Gasteiger partial charge in [-0.1, -0.05) is 29.3 Å². The second-order valence-corrected chi connectivity index (χ2v) is 4.79. The highest BCUT2D eigenvalue weighted by atomic mass is 35.5. The van der Waals surface area contributed by atoms with E-state index in [1.807, 2.05) is 18.2 Å². The molecule has 0 atom stereocenters. The molecular formula is C11H9BCl2N2O2. The van der Waals surface area contributed by atoms with Crippen molar-refractivity contribution < 1.29 is 9.68 Å². The molecule has 1 aromatic rings. The van der Waals surface area contributed by atoms with Gasteiger partial charge in [-0.2, -0.15) is 0 Å². The number of fused-ring (bicyclic) bond motifs is 1. The van der Waals surface area contributed by atoms with E-state index in [0.717, 1.165) is 16.7 Å². The van der Waals surface area contributed by atoms with Crippen LogP contribution in [-0.2, 0) is 11.3 Å². The lowest BCUT2D eigenvalue weighted by molar-refractivity contribution is 0.275. The SMILES string of the molecule is OB1OCc2ccc(N3NC(Cl)=CC=C3Cl)cc21. The first-order valence-electron chi connectivity index (χ1n) is 5.37. The summed E-state index contributed by atoms with van der Waals surface area (Å²) >= 11 is 12.0. The maximum absolute atomic E-state index is 9.68. The molecule has 7 heteroatoms. The lowest BCUT2D eigenvalue weighted by Crippen LogP contribution is -2.37. The third kappa shape index (κ3) is 1.99. The van der Waals surface area contributed by atoms with Crippen LogP contribution in [0.5, 0.6) is 0 Å². The van der Waals surface area contributed by atoms with E-state index in [9.17, 15) is 5.02 Å². The highest BCUT2D eigenvalue weighted by Gasteiger charge is 2.28. The highest BCUT2D eigenvalue weighted by molar-refractivity contribution is 6.61. The third-order valence-electron chi connectivity index (χ3n) is 2.85. The summed E-state index contributed by atoms with van der Waals surface area (Å²) in [5.41, 5.74) is 5.44. The molecule has 2 N–H and O–H groups in total. The Bertz CT molecular complexity index is 562. The molecule has 0 spiro atoms. The van der Waals surface area contributed by atoms with Crippen LogP contribution in [0.1, 0.15) is 5.56 Å². The summed E-state index contributed by atoms with van der Waals surface area (Å²) in [6.07, 6.45) is 3.37. The van der Waals surface area contributed by atoms with Crippen molar-refractivity contribution in [2.24, 2.45) is 0 Å². The van der Waals surface area contributed by atoms with E-state index in [2.05, 4.69) is 5.43 Å². The van der Waals surface area contributed by atoms with Crippen molar-refractivity contribution >= 4 is 41.5 Å². The zero-order valence-electron chi connectivity index (χ0n) is 9.23. The summed E-state index contributed by atoms with van der Waals surface area (Å²) in [5, 5.41) is 12.3. The zero-order chi connectivity index (χ0) is 12.7. The predicted molar refractivity (Wildman–Crippen MR) is 72.3 cm³/mol. The molecule has 92 valence electrons. The van der Waals surface area contributed by atoms with Gasteiger partial charge in [0.2, 0.25) is 0 Å². The molecule has 0 fully saturated rings. The monoisotopic (exact) mass is 282 g/mol. The molecule has 1 aromatic carbocycles. The van der Waals surface area contributed by atoms with Gasteiger partial charge < -0.3 is 9.68 Å². The number of benzene rings is 1. The molecule has 0 bridgehead atoms. The minimum absolute atomic E-state index is 0.425. The molecule has 2 heterocycles. The maximum atomic E-state index is 9.68. The number of halogens is 2. The van der Waals surface area contributed by atoms with Crippen LogP contribution in [0.15, 0.2) is 40.7 Å². The minimum Gasteiger partial charge on any atom is -0.423 e. The van der Waals surface area contributed by atoms with Crippen molar-refractivity contribution in [3.05, 3.63) is 46.2 Å². The first kappa shape index (κ1) is 11.9. The molecule has 0 saturated carbocycles. The van der Waals surface area contributed by atoms with Crippen LogP contribution in [0.2, 0.25) is 0 Å². The first-order chi connectivity index (χ1) is 8.65. The fraction of sp³-hybridized carbons (Fsp3) is 0.0909. The lowest BCUT2D eigenvalue weighted by Gasteiger charge is -2.27. The van der Waals surface area contributed by atoms with Crippen molar-refractivity contribution in [3.8, 4) is 0 Å². The van der Waals surface area contributed by atoms with Gasteiger partial charge in [0.15, 0.2) is 0 Å². The van der Waals surface area contributed by atoms with Gasteiger partial charge in [-0.15, -0.1) is 0 Å². The maximum Gasteiger partial charge on any atom is 0.491 e. The Kier molecular flexibility index (Phi) is 2.99. The molecule has 18 heavy (non-hydrogen) atoms. The standard InChI is InChI=1S/C11H9BCl2N2O2/c13-10-3-4-11(14)16(15-10)8-2-1-7-6-18-12(17)9(7)5-8/h1-5,15,17H,6H2. The summed E-state index contributed by atoms with van der Waals surface area (Å²) in [5.74, 6) is 0. The van der Waals surface area contributed by atoms with Crippen LogP contribution in [0, 0.1) is 0 Å². The normalized spacial score (nSPS) is 18.2. The smallest absolute Gasteiger partial charge is 0.423 e. The molecule has 0 amide bonds. The Balaban J connectivity index is 1.97. The molecule has 0 saturated heterocycles. The van der Waals surface area contributed by atoms with E-state index in [4.69, 9.17) is 27.9 Å². The van der Waals surface area contributed by atoms with Gasteiger partial charge >= 0.3 is 7.12 Å². The van der Waals surface area contributed by atoms with Gasteiger partial charge in [0.1, 0.15) is 10.3 Å². The molecule has 0 unspecified atom stereocenters. The van der Waals surface area contributed by atoms with Crippen molar-refractivity contribution in [3.63, 3.8) is 0 Å². The number of nitrogens with zero attached hydrogens (tertiary/aromatic N) is 1. The summed E-state index contributed by atoms with van der Waals surface area (Å²) in [6, 6.07) is 5.61. The first-order valence-corrected chi connectivity index (χ1v) is 6.13. The van der Waals surface area contributed by atoms with Crippen LogP contribution >= 0.6 is 23.2 Å². The van der Waals surface area contributed by atoms with Crippen LogP contribution in [-0.4, -0.2) is 12.1 Å². The van der Waals surface area contributed by atoms with Crippen LogP contribution in [0.4, 0.5) is 5.69 Å². The van der Waals surface area contributed by atoms with E-state index in [1.54, 1.807) is 17.2 Å². The second-order valence-electron chi connectivity index (χ2n) is 4.00. The molecular weight excluding hydrogens is 274 g/mol. The topological polar surface area (TPSA) is 44.7 Å². The van der Waals surface area contributed by atoms with Crippen LogP contribution < -0.4 is 15.9 Å². The van der Waals surface area contributed by atoms with Gasteiger partial charge in [-0.05, 0) is 35.3 Å². The second kappa shape index (κ2) is 4.51. The Morgan fingerprint density at radius 3 is 3.00 bits per heavy atom. The van der Waals surface area contributed by atoms with E-state index in [0.29, 0.717) is 16.9 Å². The Labute approximate surface area is 115 Å². The van der Waals surface area contributed by atoms with Crippen LogP contribution in [0.25, 0.3) is 0 Å². The van der Waals surface area contributed by atoms with E-state index in [1.165, 1.54) is 0 Å². The molecule has 0 aromatic heterocycles. The molecule has 4 nitrogen and oxygen atoms in total. The van der Waals surface area contributed by atoms with E-state index >= 15 is 0 Å². The van der Waals surface area contributed by atoms with Crippen molar-refractivity contribution in [2.45, 2.75) is 6.61 Å². The van der Waals surface area contributed by atoms with Crippen molar-refractivity contribution in [1.82, 2.24) is 5.43 Å². The predicted octanol–water partition coefficient (Wildman–Crippen LogP) is 1.39. The molecule has 2 aliphatic heterocycles. The summed E-state index contributed by atoms with van der Waals surface area (Å²) in [6.45, 7) is 0.425. The number of hydrogen-bond donors (Lipinski definition) is 2. The van der Waals surface area contributed by atoms with Gasteiger partial charge in [0.25, 0.3) is 0 Å². The Morgan fingerprint density at radius 1 is 1.33 bits per heavy atom. The number of hydrogen-bond acceptors (Lipinski definition) is 4. The lowest BCUT2D eigenvalue weighted by atomic mass is 9.79. The molecule has 2 aliphatic rings. The number of allylic oxidation sites excluding steroid dienone is 2. The summed E-state index contributed by atoms with van der Waals surface area (Å²) in [4.78, 5) is 0. The largest absolute Gasteiger partial charge is 0.491 e. The van der Waals surface area contributed by atoms with Crippen LogP contribution in [0.3, 0.4) is 0 Å². The van der Waals surface area contributed by atoms with E-state index < -0.39 is 7.12 Å². The fourth-order valence-corrected chi connectivity index (χ4v) is 2.29. The average Bonchev–Trinajstić information content (AvgIpc) is 2.74. The zero-order valence-corrected chi connectivity index (χ0v) is 10.7. The van der Waals surface area contributed by atoms with Crippen molar-refractivity contribution in [2.75, 3.05) is 5.01 Å². The van der Waals surface area contributed by atoms with Crippen molar-refractivity contribution in [1.29, 1.82) is 0 Å². The number of nitrogens with one attached hydrogen (secondary N) is 1.